The van der Waals surface area contributed by atoms with E-state index in [0.717, 1.165) is 5.56 Å². The standard InChI is InChI=1S/C19H22ClN3OSi/c1-25(2,18-6-4-3-5-7-18)13-19(24,12-23-15-21-14-22-23)16-8-10-17(20)11-9-16/h3-11,14-15,24H,12-13H2,1-2H3. The highest BCUT2D eigenvalue weighted by Crippen LogP contribution is 2.33. The van der Waals surface area contributed by atoms with Gasteiger partial charge in [-0.1, -0.05) is 72.3 Å². The van der Waals surface area contributed by atoms with Gasteiger partial charge in [-0.15, -0.1) is 0 Å². The minimum atomic E-state index is -1.89. The zero-order valence-corrected chi connectivity index (χ0v) is 16.2. The molecule has 2 aromatic carbocycles. The van der Waals surface area contributed by atoms with Crippen molar-refractivity contribution < 1.29 is 5.11 Å². The van der Waals surface area contributed by atoms with Crippen molar-refractivity contribution in [2.24, 2.45) is 0 Å². The molecule has 0 aliphatic rings. The van der Waals surface area contributed by atoms with Crippen molar-refractivity contribution in [3.05, 3.63) is 77.8 Å². The zero-order valence-electron chi connectivity index (χ0n) is 14.4. The Labute approximate surface area is 154 Å². The number of benzene rings is 2. The van der Waals surface area contributed by atoms with Crippen LogP contribution >= 0.6 is 11.6 Å². The van der Waals surface area contributed by atoms with Crippen molar-refractivity contribution in [2.45, 2.75) is 31.3 Å². The van der Waals surface area contributed by atoms with Gasteiger partial charge in [-0.2, -0.15) is 5.10 Å². The lowest BCUT2D eigenvalue weighted by Crippen LogP contribution is -2.48. The highest BCUT2D eigenvalue weighted by molar-refractivity contribution is 6.90. The minimum absolute atomic E-state index is 0.359. The summed E-state index contributed by atoms with van der Waals surface area (Å²) < 4.78 is 1.68. The Morgan fingerprint density at radius 2 is 1.76 bits per heavy atom. The number of aliphatic hydroxyl groups is 1. The largest absolute Gasteiger partial charge is 0.384 e. The van der Waals surface area contributed by atoms with Crippen LogP contribution in [-0.2, 0) is 12.1 Å². The van der Waals surface area contributed by atoms with Gasteiger partial charge in [-0.3, -0.25) is 0 Å². The molecule has 0 fully saturated rings. The molecule has 25 heavy (non-hydrogen) atoms. The lowest BCUT2D eigenvalue weighted by atomic mass is 9.96. The van der Waals surface area contributed by atoms with Crippen molar-refractivity contribution in [2.75, 3.05) is 0 Å². The van der Waals surface area contributed by atoms with Crippen molar-refractivity contribution in [3.63, 3.8) is 0 Å². The topological polar surface area (TPSA) is 50.9 Å². The van der Waals surface area contributed by atoms with Crippen molar-refractivity contribution in [3.8, 4) is 0 Å². The summed E-state index contributed by atoms with van der Waals surface area (Å²) in [6.07, 6.45) is 3.13. The van der Waals surface area contributed by atoms with Gasteiger partial charge in [-0.25, -0.2) is 9.67 Å². The zero-order chi connectivity index (χ0) is 17.9. The van der Waals surface area contributed by atoms with Crippen LogP contribution < -0.4 is 5.19 Å². The van der Waals surface area contributed by atoms with E-state index in [4.69, 9.17) is 11.6 Å². The Hall–Kier alpha value is -1.95. The smallest absolute Gasteiger partial charge is 0.137 e. The Bertz CT molecular complexity index is 806. The predicted octanol–water partition coefficient (Wildman–Crippen LogP) is 3.43. The van der Waals surface area contributed by atoms with Crippen molar-refractivity contribution >= 4 is 24.9 Å². The first kappa shape index (κ1) is 17.9. The van der Waals surface area contributed by atoms with E-state index < -0.39 is 13.7 Å². The predicted molar refractivity (Wildman–Crippen MR) is 104 cm³/mol. The van der Waals surface area contributed by atoms with Gasteiger partial charge in [-0.05, 0) is 23.7 Å². The van der Waals surface area contributed by atoms with Crippen molar-refractivity contribution in [1.29, 1.82) is 0 Å². The van der Waals surface area contributed by atoms with Crippen molar-refractivity contribution in [1.82, 2.24) is 14.8 Å². The Kier molecular flexibility index (Phi) is 5.08. The maximum Gasteiger partial charge on any atom is 0.137 e. The molecule has 6 heteroatoms. The van der Waals surface area contributed by atoms with Crippen LogP contribution in [0.3, 0.4) is 0 Å². The van der Waals surface area contributed by atoms with E-state index in [1.54, 1.807) is 11.0 Å². The molecule has 1 aromatic heterocycles. The summed E-state index contributed by atoms with van der Waals surface area (Å²) in [6, 6.07) is 18.6. The fraction of sp³-hybridized carbons (Fsp3) is 0.263. The van der Waals surface area contributed by atoms with Crippen LogP contribution in [0, 0.1) is 0 Å². The number of hydrogen-bond donors (Lipinski definition) is 1. The van der Waals surface area contributed by atoms with Gasteiger partial charge < -0.3 is 5.11 Å². The van der Waals surface area contributed by atoms with E-state index in [-0.39, 0.29) is 0 Å². The van der Waals surface area contributed by atoms with E-state index in [1.807, 2.05) is 30.3 Å². The fourth-order valence-corrected chi connectivity index (χ4v) is 6.52. The summed E-state index contributed by atoms with van der Waals surface area (Å²) in [5, 5.41) is 17.8. The van der Waals surface area contributed by atoms with E-state index in [1.165, 1.54) is 11.5 Å². The summed E-state index contributed by atoms with van der Waals surface area (Å²) >= 11 is 6.03. The van der Waals surface area contributed by atoms with E-state index >= 15 is 0 Å². The van der Waals surface area contributed by atoms with Crippen LogP contribution in [0.25, 0.3) is 0 Å². The second-order valence-corrected chi connectivity index (χ2v) is 12.2. The molecule has 0 spiro atoms. The molecule has 3 rings (SSSR count). The summed E-state index contributed by atoms with van der Waals surface area (Å²) in [5.41, 5.74) is -0.187. The molecule has 0 bridgehead atoms. The van der Waals surface area contributed by atoms with Gasteiger partial charge >= 0.3 is 0 Å². The molecule has 4 nitrogen and oxygen atoms in total. The van der Waals surface area contributed by atoms with Crippen LogP contribution in [0.2, 0.25) is 24.2 Å². The van der Waals surface area contributed by atoms with Gasteiger partial charge in [0.2, 0.25) is 0 Å². The molecule has 0 aliphatic heterocycles. The third-order valence-corrected chi connectivity index (χ3v) is 8.18. The monoisotopic (exact) mass is 371 g/mol. The number of halogens is 1. The molecule has 1 heterocycles. The quantitative estimate of drug-likeness (QED) is 0.675. The first-order chi connectivity index (χ1) is 11.9. The molecule has 0 saturated heterocycles. The number of rotatable bonds is 6. The van der Waals surface area contributed by atoms with Crippen LogP contribution in [0.4, 0.5) is 0 Å². The molecular formula is C19H22ClN3OSi. The highest BCUT2D eigenvalue weighted by Gasteiger charge is 2.39. The van der Waals surface area contributed by atoms with Crippen LogP contribution in [0.5, 0.6) is 0 Å². The van der Waals surface area contributed by atoms with E-state index in [2.05, 4.69) is 47.4 Å². The molecule has 1 N–H and O–H groups in total. The van der Waals surface area contributed by atoms with Gasteiger partial charge in [0, 0.05) is 5.02 Å². The third kappa shape index (κ3) is 4.18. The SMILES string of the molecule is C[Si](C)(CC(O)(Cn1cncn1)c1ccc(Cl)cc1)c1ccccc1. The first-order valence-corrected chi connectivity index (χ1v) is 11.8. The second-order valence-electron chi connectivity index (χ2n) is 7.06. The lowest BCUT2D eigenvalue weighted by Gasteiger charge is -2.36. The third-order valence-electron chi connectivity index (χ3n) is 4.56. The molecule has 3 aromatic rings. The molecule has 1 unspecified atom stereocenters. The summed E-state index contributed by atoms with van der Waals surface area (Å²) in [4.78, 5) is 4.00. The molecule has 1 atom stereocenters. The Morgan fingerprint density at radius 1 is 1.08 bits per heavy atom. The first-order valence-electron chi connectivity index (χ1n) is 8.25. The minimum Gasteiger partial charge on any atom is -0.384 e. The van der Waals surface area contributed by atoms with Gasteiger partial charge in [0.1, 0.15) is 18.3 Å². The summed E-state index contributed by atoms with van der Waals surface area (Å²) in [7, 11) is -1.89. The molecule has 0 amide bonds. The Balaban J connectivity index is 1.97. The average Bonchev–Trinajstić information content (AvgIpc) is 3.08. The number of aromatic nitrogens is 3. The summed E-state index contributed by atoms with van der Waals surface area (Å²) in [5.74, 6) is 0. The van der Waals surface area contributed by atoms with E-state index in [0.29, 0.717) is 17.6 Å². The maximum atomic E-state index is 11.6. The number of nitrogens with zero attached hydrogens (tertiary/aromatic N) is 3. The summed E-state index contributed by atoms with van der Waals surface area (Å²) in [6.45, 7) is 4.92. The molecule has 0 aliphatic carbocycles. The van der Waals surface area contributed by atoms with Crippen LogP contribution in [0.1, 0.15) is 5.56 Å². The van der Waals surface area contributed by atoms with Gasteiger partial charge in [0.25, 0.3) is 0 Å². The fourth-order valence-electron chi connectivity index (χ4n) is 3.31. The lowest BCUT2D eigenvalue weighted by molar-refractivity contribution is 0.0334. The van der Waals surface area contributed by atoms with Gasteiger partial charge in [0.15, 0.2) is 0 Å². The Morgan fingerprint density at radius 3 is 2.36 bits per heavy atom. The van der Waals surface area contributed by atoms with Crippen LogP contribution in [-0.4, -0.2) is 27.9 Å². The highest BCUT2D eigenvalue weighted by atomic mass is 35.5. The average molecular weight is 372 g/mol. The van der Waals surface area contributed by atoms with E-state index in [9.17, 15) is 5.11 Å². The number of hydrogen-bond acceptors (Lipinski definition) is 3. The molecular weight excluding hydrogens is 350 g/mol. The molecule has 0 saturated carbocycles. The molecule has 130 valence electrons. The van der Waals surface area contributed by atoms with Gasteiger partial charge in [0.05, 0.1) is 14.6 Å². The normalized spacial score (nSPS) is 14.2. The van der Waals surface area contributed by atoms with Crippen LogP contribution in [0.15, 0.2) is 67.3 Å². The molecule has 0 radical (unpaired) electrons. The second kappa shape index (κ2) is 7.12. The maximum absolute atomic E-state index is 11.6.